The molecule has 0 aliphatic heterocycles. The van der Waals surface area contributed by atoms with Crippen LogP contribution in [0.2, 0.25) is 5.02 Å². The van der Waals surface area contributed by atoms with Gasteiger partial charge in [-0.05, 0) is 43.3 Å². The Morgan fingerprint density at radius 3 is 2.42 bits per heavy atom. The largest absolute Gasteiger partial charge is 0.417 e. The van der Waals surface area contributed by atoms with Crippen LogP contribution in [-0.2, 0) is 0 Å². The highest BCUT2D eigenvalue weighted by atomic mass is 35.5. The van der Waals surface area contributed by atoms with Crippen molar-refractivity contribution in [2.75, 3.05) is 5.32 Å². The maximum absolute atomic E-state index is 5.93. The monoisotopic (exact) mass is 336 g/mol. The Morgan fingerprint density at radius 2 is 1.67 bits per heavy atom. The molecule has 0 aliphatic carbocycles. The number of halogens is 1. The molecule has 0 saturated carbocycles. The van der Waals surface area contributed by atoms with Crippen molar-refractivity contribution in [3.05, 3.63) is 65.4 Å². The summed E-state index contributed by atoms with van der Waals surface area (Å²) in [5.74, 6) is 1.71. The summed E-state index contributed by atoms with van der Waals surface area (Å²) in [6.45, 7) is 1.82. The van der Waals surface area contributed by atoms with Crippen LogP contribution in [-0.4, -0.2) is 15.0 Å². The molecule has 0 aliphatic rings. The fraction of sp³-hybridized carbons (Fsp3) is 0.0556. The first-order chi connectivity index (χ1) is 11.7. The Kier molecular flexibility index (Phi) is 3.63. The van der Waals surface area contributed by atoms with Crippen molar-refractivity contribution in [3.63, 3.8) is 0 Å². The number of aromatic nitrogens is 3. The summed E-state index contributed by atoms with van der Waals surface area (Å²) < 4.78 is 5.81. The van der Waals surface area contributed by atoms with E-state index in [1.165, 1.54) is 0 Å². The summed E-state index contributed by atoms with van der Waals surface area (Å²) in [4.78, 5) is 13.3. The van der Waals surface area contributed by atoms with Gasteiger partial charge in [-0.25, -0.2) is 9.97 Å². The Balaban J connectivity index is 1.81. The first-order valence-electron chi connectivity index (χ1n) is 7.42. The van der Waals surface area contributed by atoms with E-state index in [9.17, 15) is 0 Å². The average Bonchev–Trinajstić information content (AvgIpc) is 3.00. The average molecular weight is 337 g/mol. The van der Waals surface area contributed by atoms with Gasteiger partial charge in [-0.2, -0.15) is 4.98 Å². The van der Waals surface area contributed by atoms with E-state index >= 15 is 0 Å². The smallest absolute Gasteiger partial charge is 0.252 e. The van der Waals surface area contributed by atoms with Crippen molar-refractivity contribution in [1.82, 2.24) is 15.0 Å². The number of nitrogens with one attached hydrogen (secondary N) is 1. The standard InChI is InChI=1S/C18H13ClN4O/c1-11-20-16(22-14-5-3-2-4-6-14)15-18(21-11)24-17(23-15)12-7-9-13(19)10-8-12/h2-10H,1H3,(H,20,21,22). The third kappa shape index (κ3) is 2.81. The van der Waals surface area contributed by atoms with Gasteiger partial charge < -0.3 is 9.73 Å². The van der Waals surface area contributed by atoms with Crippen LogP contribution < -0.4 is 5.32 Å². The van der Waals surface area contributed by atoms with Crippen LogP contribution >= 0.6 is 11.6 Å². The van der Waals surface area contributed by atoms with Crippen molar-refractivity contribution in [3.8, 4) is 11.5 Å². The fourth-order valence-electron chi connectivity index (χ4n) is 2.39. The van der Waals surface area contributed by atoms with E-state index in [-0.39, 0.29) is 0 Å². The topological polar surface area (TPSA) is 63.8 Å². The molecule has 5 nitrogen and oxygen atoms in total. The zero-order valence-corrected chi connectivity index (χ0v) is 13.6. The maximum Gasteiger partial charge on any atom is 0.252 e. The Labute approximate surface area is 143 Å². The van der Waals surface area contributed by atoms with Crippen molar-refractivity contribution in [1.29, 1.82) is 0 Å². The lowest BCUT2D eigenvalue weighted by molar-refractivity contribution is 0.606. The van der Waals surface area contributed by atoms with Gasteiger partial charge in [0.25, 0.3) is 5.71 Å². The minimum Gasteiger partial charge on any atom is -0.417 e. The van der Waals surface area contributed by atoms with Gasteiger partial charge in [0, 0.05) is 16.3 Å². The summed E-state index contributed by atoms with van der Waals surface area (Å²) in [6, 6.07) is 17.1. The summed E-state index contributed by atoms with van der Waals surface area (Å²) in [7, 11) is 0. The van der Waals surface area contributed by atoms with E-state index in [2.05, 4.69) is 20.3 Å². The van der Waals surface area contributed by atoms with Crippen LogP contribution in [0.15, 0.2) is 59.0 Å². The molecule has 0 bridgehead atoms. The van der Waals surface area contributed by atoms with E-state index in [1.54, 1.807) is 12.1 Å². The molecule has 0 saturated heterocycles. The molecule has 0 spiro atoms. The first-order valence-corrected chi connectivity index (χ1v) is 7.80. The van der Waals surface area contributed by atoms with Gasteiger partial charge in [0.15, 0.2) is 11.3 Å². The lowest BCUT2D eigenvalue weighted by Crippen LogP contribution is -1.98. The van der Waals surface area contributed by atoms with Crippen molar-refractivity contribution in [2.24, 2.45) is 0 Å². The summed E-state index contributed by atoms with van der Waals surface area (Å²) >= 11 is 5.93. The molecule has 2 aromatic heterocycles. The normalized spacial score (nSPS) is 10.9. The fourth-order valence-corrected chi connectivity index (χ4v) is 2.52. The van der Waals surface area contributed by atoms with E-state index in [0.29, 0.717) is 33.8 Å². The molecule has 0 radical (unpaired) electrons. The molecule has 4 rings (SSSR count). The van der Waals surface area contributed by atoms with Gasteiger partial charge in [-0.3, -0.25) is 0 Å². The lowest BCUT2D eigenvalue weighted by atomic mass is 10.2. The summed E-state index contributed by atoms with van der Waals surface area (Å²) in [5, 5.41) is 3.93. The number of aryl methyl sites for hydroxylation is 1. The highest BCUT2D eigenvalue weighted by molar-refractivity contribution is 6.30. The predicted molar refractivity (Wildman–Crippen MR) is 94.5 cm³/mol. The second kappa shape index (κ2) is 5.94. The van der Waals surface area contributed by atoms with E-state index < -0.39 is 0 Å². The second-order valence-corrected chi connectivity index (χ2v) is 5.73. The maximum atomic E-state index is 5.93. The molecule has 0 amide bonds. The number of nitrogens with zero attached hydrogens (tertiary/aromatic N) is 3. The minimum atomic E-state index is 0.450. The molecule has 0 unspecified atom stereocenters. The number of oxazole rings is 1. The number of anilines is 2. The first kappa shape index (κ1) is 14.7. The van der Waals surface area contributed by atoms with Crippen LogP contribution in [0.25, 0.3) is 22.7 Å². The van der Waals surface area contributed by atoms with Crippen LogP contribution in [0.4, 0.5) is 11.5 Å². The van der Waals surface area contributed by atoms with Gasteiger partial charge in [0.2, 0.25) is 5.89 Å². The molecule has 24 heavy (non-hydrogen) atoms. The third-order valence-corrected chi connectivity index (χ3v) is 3.75. The predicted octanol–water partition coefficient (Wildman–Crippen LogP) is 4.99. The van der Waals surface area contributed by atoms with Crippen LogP contribution in [0.3, 0.4) is 0 Å². The number of rotatable bonds is 3. The van der Waals surface area contributed by atoms with Gasteiger partial charge in [0.05, 0.1) is 0 Å². The van der Waals surface area contributed by atoms with Crippen molar-refractivity contribution >= 4 is 34.3 Å². The third-order valence-electron chi connectivity index (χ3n) is 3.50. The molecule has 2 aromatic carbocycles. The van der Waals surface area contributed by atoms with Crippen LogP contribution in [0.1, 0.15) is 5.82 Å². The molecule has 118 valence electrons. The number of para-hydroxylation sites is 1. The lowest BCUT2D eigenvalue weighted by Gasteiger charge is -2.05. The van der Waals surface area contributed by atoms with Gasteiger partial charge in [-0.1, -0.05) is 29.8 Å². The van der Waals surface area contributed by atoms with Crippen molar-refractivity contribution < 1.29 is 4.42 Å². The minimum absolute atomic E-state index is 0.450. The Hall–Kier alpha value is -2.92. The summed E-state index contributed by atoms with van der Waals surface area (Å²) in [5.41, 5.74) is 2.80. The molecule has 4 aromatic rings. The zero-order chi connectivity index (χ0) is 16.5. The zero-order valence-electron chi connectivity index (χ0n) is 12.8. The molecular formula is C18H13ClN4O. The van der Waals surface area contributed by atoms with Crippen LogP contribution in [0.5, 0.6) is 0 Å². The van der Waals surface area contributed by atoms with Gasteiger partial charge >= 0.3 is 0 Å². The molecule has 0 fully saturated rings. The Bertz CT molecular complexity index is 997. The van der Waals surface area contributed by atoms with E-state index in [1.807, 2.05) is 49.4 Å². The molecule has 1 N–H and O–H groups in total. The molecule has 0 atom stereocenters. The second-order valence-electron chi connectivity index (χ2n) is 5.29. The SMILES string of the molecule is Cc1nc(Nc2ccccc2)c2nc(-c3ccc(Cl)cc3)oc2n1. The van der Waals surface area contributed by atoms with Crippen LogP contribution in [0, 0.1) is 6.92 Å². The number of benzene rings is 2. The summed E-state index contributed by atoms with van der Waals surface area (Å²) in [6.07, 6.45) is 0. The molecule has 6 heteroatoms. The quantitative estimate of drug-likeness (QED) is 0.571. The highest BCUT2D eigenvalue weighted by Crippen LogP contribution is 2.29. The van der Waals surface area contributed by atoms with Gasteiger partial charge in [0.1, 0.15) is 5.82 Å². The van der Waals surface area contributed by atoms with E-state index in [0.717, 1.165) is 11.3 Å². The number of fused-ring (bicyclic) bond motifs is 1. The molecule has 2 heterocycles. The number of hydrogen-bond donors (Lipinski definition) is 1. The molecular weight excluding hydrogens is 324 g/mol. The van der Waals surface area contributed by atoms with E-state index in [4.69, 9.17) is 16.0 Å². The Morgan fingerprint density at radius 1 is 0.917 bits per heavy atom. The van der Waals surface area contributed by atoms with Gasteiger partial charge in [-0.15, -0.1) is 0 Å². The highest BCUT2D eigenvalue weighted by Gasteiger charge is 2.15. The van der Waals surface area contributed by atoms with Crippen molar-refractivity contribution in [2.45, 2.75) is 6.92 Å². The number of hydrogen-bond acceptors (Lipinski definition) is 5.